The van der Waals surface area contributed by atoms with Gasteiger partial charge in [0.15, 0.2) is 0 Å². The molecule has 0 spiro atoms. The van der Waals surface area contributed by atoms with E-state index < -0.39 is 42.0 Å². The van der Waals surface area contributed by atoms with Gasteiger partial charge >= 0.3 is 5.69 Å². The van der Waals surface area contributed by atoms with Crippen LogP contribution in [0, 0.1) is 12.3 Å². The van der Waals surface area contributed by atoms with E-state index in [4.69, 9.17) is 16.3 Å². The lowest BCUT2D eigenvalue weighted by Gasteiger charge is -2.22. The van der Waals surface area contributed by atoms with Gasteiger partial charge in [0.05, 0.1) is 6.61 Å². The van der Waals surface area contributed by atoms with Gasteiger partial charge in [-0.2, -0.15) is 9.78 Å². The van der Waals surface area contributed by atoms with Gasteiger partial charge in [0, 0.05) is 0 Å². The molecule has 0 amide bonds. The third-order valence-electron chi connectivity index (χ3n) is 2.81. The zero-order chi connectivity index (χ0) is 14.2. The summed E-state index contributed by atoms with van der Waals surface area (Å²) >= 11 is 0. The molecule has 0 radical (unpaired) electrons. The topological polar surface area (TPSA) is 117 Å². The molecule has 19 heavy (non-hydrogen) atoms. The average molecular weight is 271 g/mol. The number of aliphatic hydroxyl groups is 2. The summed E-state index contributed by atoms with van der Waals surface area (Å²) in [5, 5.41) is 22.0. The molecule has 4 unspecified atom stereocenters. The zero-order valence-corrected chi connectivity index (χ0v) is 9.49. The Bertz CT molecular complexity index is 635. The Balaban J connectivity index is 2.52. The first-order valence-electron chi connectivity index (χ1n) is 5.23. The molecule has 4 atom stereocenters. The Morgan fingerprint density at radius 1 is 1.68 bits per heavy atom. The Kier molecular flexibility index (Phi) is 3.23. The van der Waals surface area contributed by atoms with Crippen LogP contribution in [-0.2, 0) is 4.74 Å². The predicted octanol–water partition coefficient (Wildman–Crippen LogP) is -2.48. The van der Waals surface area contributed by atoms with Crippen molar-refractivity contribution in [3.8, 4) is 12.3 Å². The molecule has 102 valence electrons. The summed E-state index contributed by atoms with van der Waals surface area (Å²) in [6.45, 7) is -0.691. The maximum Gasteiger partial charge on any atom is 0.347 e. The number of halogens is 1. The van der Waals surface area contributed by atoms with Crippen LogP contribution in [0.25, 0.3) is 0 Å². The molecule has 0 bridgehead atoms. The number of terminal acetylenes is 1. The number of hydrogen-bond acceptors (Lipinski definition) is 6. The number of rotatable bonds is 2. The molecule has 1 aliphatic heterocycles. The zero-order valence-electron chi connectivity index (χ0n) is 9.49. The first kappa shape index (κ1) is 13.4. The standard InChI is InChI=1S/C10H10FN3O5/c1-2-10(11)7(17)5(4-15)19-8(10)14-9(18)13-6(16)3-12-14/h1,3,5,7-8,15,17H,4H2,(H,13,16,18). The molecule has 0 aromatic carbocycles. The quantitative estimate of drug-likeness (QED) is 0.513. The highest BCUT2D eigenvalue weighted by Gasteiger charge is 2.58. The van der Waals surface area contributed by atoms with Crippen molar-refractivity contribution >= 4 is 0 Å². The molecular weight excluding hydrogens is 261 g/mol. The SMILES string of the molecule is C#CC1(F)C(O)C(CO)OC1n1ncc(=O)[nH]c1=O. The van der Waals surface area contributed by atoms with Crippen LogP contribution in [0.4, 0.5) is 4.39 Å². The van der Waals surface area contributed by atoms with Gasteiger partial charge in [0.2, 0.25) is 11.9 Å². The van der Waals surface area contributed by atoms with Crippen molar-refractivity contribution < 1.29 is 19.3 Å². The highest BCUT2D eigenvalue weighted by atomic mass is 19.1. The van der Waals surface area contributed by atoms with Gasteiger partial charge in [-0.1, -0.05) is 5.92 Å². The van der Waals surface area contributed by atoms with Crippen LogP contribution in [0.15, 0.2) is 15.8 Å². The smallest absolute Gasteiger partial charge is 0.347 e. The summed E-state index contributed by atoms with van der Waals surface area (Å²) in [6, 6.07) is 0. The number of aromatic amines is 1. The Morgan fingerprint density at radius 3 is 2.89 bits per heavy atom. The fourth-order valence-electron chi connectivity index (χ4n) is 1.82. The molecule has 8 nitrogen and oxygen atoms in total. The third-order valence-corrected chi connectivity index (χ3v) is 2.81. The second kappa shape index (κ2) is 4.58. The summed E-state index contributed by atoms with van der Waals surface area (Å²) in [4.78, 5) is 24.3. The van der Waals surface area contributed by atoms with Gasteiger partial charge in [0.25, 0.3) is 5.56 Å². The van der Waals surface area contributed by atoms with E-state index in [9.17, 15) is 19.1 Å². The second-order valence-corrected chi connectivity index (χ2v) is 3.95. The van der Waals surface area contributed by atoms with Crippen molar-refractivity contribution in [2.75, 3.05) is 6.61 Å². The summed E-state index contributed by atoms with van der Waals surface area (Å²) in [7, 11) is 0. The number of ether oxygens (including phenoxy) is 1. The monoisotopic (exact) mass is 271 g/mol. The predicted molar refractivity (Wildman–Crippen MR) is 58.8 cm³/mol. The number of aliphatic hydroxyl groups excluding tert-OH is 2. The van der Waals surface area contributed by atoms with E-state index >= 15 is 0 Å². The summed E-state index contributed by atoms with van der Waals surface area (Å²) < 4.78 is 20.0. The van der Waals surface area contributed by atoms with Crippen molar-refractivity contribution in [3.05, 3.63) is 27.0 Å². The number of nitrogens with one attached hydrogen (secondary N) is 1. The molecule has 2 heterocycles. The van der Waals surface area contributed by atoms with E-state index in [2.05, 4.69) is 5.10 Å². The van der Waals surface area contributed by atoms with Crippen LogP contribution < -0.4 is 11.2 Å². The van der Waals surface area contributed by atoms with Crippen molar-refractivity contribution in [2.45, 2.75) is 24.1 Å². The number of aromatic nitrogens is 3. The lowest BCUT2D eigenvalue weighted by atomic mass is 9.97. The average Bonchev–Trinajstić information content (AvgIpc) is 2.63. The van der Waals surface area contributed by atoms with Crippen LogP contribution in [0.5, 0.6) is 0 Å². The minimum Gasteiger partial charge on any atom is -0.394 e. The van der Waals surface area contributed by atoms with Gasteiger partial charge in [0.1, 0.15) is 18.4 Å². The Morgan fingerprint density at radius 2 is 2.37 bits per heavy atom. The van der Waals surface area contributed by atoms with Crippen molar-refractivity contribution in [2.24, 2.45) is 0 Å². The number of hydrogen-bond donors (Lipinski definition) is 3. The van der Waals surface area contributed by atoms with E-state index in [1.54, 1.807) is 5.92 Å². The summed E-state index contributed by atoms with van der Waals surface area (Å²) in [5.41, 5.74) is -4.56. The van der Waals surface area contributed by atoms with Gasteiger partial charge in [-0.3, -0.25) is 9.78 Å². The first-order chi connectivity index (χ1) is 8.93. The fourth-order valence-corrected chi connectivity index (χ4v) is 1.82. The molecule has 0 aliphatic carbocycles. The summed E-state index contributed by atoms with van der Waals surface area (Å²) in [5.74, 6) is 1.70. The minimum absolute atomic E-state index is 0.472. The molecular formula is C10H10FN3O5. The van der Waals surface area contributed by atoms with Crippen LogP contribution in [0.3, 0.4) is 0 Å². The number of H-pyrrole nitrogens is 1. The second-order valence-electron chi connectivity index (χ2n) is 3.95. The molecule has 1 aromatic heterocycles. The Hall–Kier alpha value is -2.02. The van der Waals surface area contributed by atoms with Crippen LogP contribution >= 0.6 is 0 Å². The van der Waals surface area contributed by atoms with E-state index in [0.717, 1.165) is 6.20 Å². The normalized spacial score (nSPS) is 34.1. The van der Waals surface area contributed by atoms with E-state index in [1.165, 1.54) is 0 Å². The van der Waals surface area contributed by atoms with Crippen LogP contribution in [0.2, 0.25) is 0 Å². The Labute approximate surface area is 105 Å². The maximum absolute atomic E-state index is 14.5. The molecule has 1 aromatic rings. The van der Waals surface area contributed by atoms with E-state index in [1.807, 2.05) is 4.98 Å². The number of nitrogens with zero attached hydrogens (tertiary/aromatic N) is 2. The molecule has 1 saturated heterocycles. The highest BCUT2D eigenvalue weighted by Crippen LogP contribution is 2.39. The van der Waals surface area contributed by atoms with Crippen molar-refractivity contribution in [1.29, 1.82) is 0 Å². The fraction of sp³-hybridized carbons (Fsp3) is 0.500. The number of alkyl halides is 1. The lowest BCUT2D eigenvalue weighted by Crippen LogP contribution is -2.45. The molecule has 1 aliphatic rings. The van der Waals surface area contributed by atoms with E-state index in [0.29, 0.717) is 4.68 Å². The molecule has 3 N–H and O–H groups in total. The molecule has 0 saturated carbocycles. The van der Waals surface area contributed by atoms with E-state index in [-0.39, 0.29) is 0 Å². The van der Waals surface area contributed by atoms with Gasteiger partial charge in [-0.15, -0.1) is 6.42 Å². The van der Waals surface area contributed by atoms with Crippen LogP contribution in [0.1, 0.15) is 6.23 Å². The van der Waals surface area contributed by atoms with Gasteiger partial charge in [-0.25, -0.2) is 9.18 Å². The minimum atomic E-state index is -2.75. The molecule has 2 rings (SSSR count). The molecule has 9 heteroatoms. The largest absolute Gasteiger partial charge is 0.394 e. The van der Waals surface area contributed by atoms with Crippen molar-refractivity contribution in [3.63, 3.8) is 0 Å². The highest BCUT2D eigenvalue weighted by molar-refractivity contribution is 5.19. The molecule has 1 fully saturated rings. The lowest BCUT2D eigenvalue weighted by molar-refractivity contribution is -0.0611. The van der Waals surface area contributed by atoms with Crippen molar-refractivity contribution in [1.82, 2.24) is 14.8 Å². The summed E-state index contributed by atoms with van der Waals surface area (Å²) in [6.07, 6.45) is 0.891. The van der Waals surface area contributed by atoms with Gasteiger partial charge in [-0.05, 0) is 0 Å². The van der Waals surface area contributed by atoms with Crippen LogP contribution in [-0.4, -0.2) is 49.5 Å². The first-order valence-corrected chi connectivity index (χ1v) is 5.23. The van der Waals surface area contributed by atoms with Gasteiger partial charge < -0.3 is 14.9 Å². The maximum atomic E-state index is 14.5. The third kappa shape index (κ3) is 1.95.